The number of ketones is 1. The van der Waals surface area contributed by atoms with Gasteiger partial charge >= 0.3 is 0 Å². The number of nitrogens with zero attached hydrogens (tertiary/aromatic N) is 2. The molecule has 0 spiro atoms. The molecule has 116 valence electrons. The summed E-state index contributed by atoms with van der Waals surface area (Å²) in [4.78, 5) is 16.3. The summed E-state index contributed by atoms with van der Waals surface area (Å²) < 4.78 is 18.8. The van der Waals surface area contributed by atoms with Crippen LogP contribution in [0.25, 0.3) is 0 Å². The lowest BCUT2D eigenvalue weighted by molar-refractivity contribution is 0.0818. The Hall–Kier alpha value is -1.98. The van der Waals surface area contributed by atoms with Gasteiger partial charge in [-0.05, 0) is 18.2 Å². The fourth-order valence-corrected chi connectivity index (χ4v) is 2.69. The van der Waals surface area contributed by atoms with Crippen molar-refractivity contribution >= 4 is 5.78 Å². The van der Waals surface area contributed by atoms with E-state index in [4.69, 9.17) is 4.42 Å². The summed E-state index contributed by atoms with van der Waals surface area (Å²) in [6.45, 7) is 4.27. The second kappa shape index (κ2) is 6.85. The lowest BCUT2D eigenvalue weighted by atomic mass is 10.2. The zero-order valence-corrected chi connectivity index (χ0v) is 12.4. The molecule has 1 aromatic carbocycles. The monoisotopic (exact) mass is 302 g/mol. The predicted molar refractivity (Wildman–Crippen MR) is 81.2 cm³/mol. The molecule has 22 heavy (non-hydrogen) atoms. The fourth-order valence-electron chi connectivity index (χ4n) is 2.69. The Morgan fingerprint density at radius 2 is 1.77 bits per heavy atom. The Balaban J connectivity index is 1.48. The minimum Gasteiger partial charge on any atom is -0.461 e. The number of hydrogen-bond acceptors (Lipinski definition) is 4. The quantitative estimate of drug-likeness (QED) is 0.795. The smallest absolute Gasteiger partial charge is 0.211 e. The molecule has 1 aliphatic rings. The fraction of sp³-hybridized carbons (Fsp3) is 0.353. The Kier molecular flexibility index (Phi) is 4.65. The molecule has 2 aromatic rings. The maximum absolute atomic E-state index is 13.7. The summed E-state index contributed by atoms with van der Waals surface area (Å²) in [6, 6.07) is 10.3. The third-order valence-electron chi connectivity index (χ3n) is 3.98. The summed E-state index contributed by atoms with van der Waals surface area (Å²) in [7, 11) is 0. The minimum absolute atomic E-state index is 0.00699. The van der Waals surface area contributed by atoms with Crippen molar-refractivity contribution in [3.63, 3.8) is 0 Å². The first kappa shape index (κ1) is 14.9. The zero-order valence-electron chi connectivity index (χ0n) is 12.4. The van der Waals surface area contributed by atoms with E-state index in [0.717, 1.165) is 31.7 Å². The zero-order chi connectivity index (χ0) is 15.4. The van der Waals surface area contributed by atoms with E-state index in [0.29, 0.717) is 18.8 Å². The molecule has 0 bridgehead atoms. The molecule has 1 fully saturated rings. The number of benzene rings is 1. The maximum atomic E-state index is 13.7. The summed E-state index contributed by atoms with van der Waals surface area (Å²) in [5.74, 6) is 0.263. The largest absolute Gasteiger partial charge is 0.461 e. The van der Waals surface area contributed by atoms with Crippen molar-refractivity contribution < 1.29 is 13.6 Å². The average Bonchev–Trinajstić information content (AvgIpc) is 3.06. The highest BCUT2D eigenvalue weighted by Gasteiger charge is 2.21. The molecule has 2 heterocycles. The van der Waals surface area contributed by atoms with Gasteiger partial charge in [0.05, 0.1) is 12.8 Å². The highest BCUT2D eigenvalue weighted by Crippen LogP contribution is 2.12. The van der Waals surface area contributed by atoms with Crippen LogP contribution in [0, 0.1) is 5.82 Å². The first-order valence-electron chi connectivity index (χ1n) is 7.47. The van der Waals surface area contributed by atoms with Crippen LogP contribution in [0.3, 0.4) is 0 Å². The van der Waals surface area contributed by atoms with Crippen LogP contribution in [0.5, 0.6) is 0 Å². The molecular weight excluding hydrogens is 283 g/mol. The van der Waals surface area contributed by atoms with E-state index in [1.165, 1.54) is 12.3 Å². The Morgan fingerprint density at radius 1 is 1.05 bits per heavy atom. The topological polar surface area (TPSA) is 36.7 Å². The molecule has 0 aliphatic carbocycles. The van der Waals surface area contributed by atoms with Crippen LogP contribution in [-0.2, 0) is 6.54 Å². The summed E-state index contributed by atoms with van der Waals surface area (Å²) in [6.07, 6.45) is 1.51. The average molecular weight is 302 g/mol. The van der Waals surface area contributed by atoms with E-state index in [2.05, 4.69) is 9.80 Å². The third kappa shape index (κ3) is 3.61. The highest BCUT2D eigenvalue weighted by atomic mass is 19.1. The van der Waals surface area contributed by atoms with Crippen molar-refractivity contribution in [3.8, 4) is 0 Å². The first-order valence-corrected chi connectivity index (χ1v) is 7.47. The van der Waals surface area contributed by atoms with Gasteiger partial charge in [0, 0.05) is 38.3 Å². The molecule has 3 rings (SSSR count). The van der Waals surface area contributed by atoms with Gasteiger partial charge in [0.2, 0.25) is 5.78 Å². The molecule has 0 atom stereocenters. The summed E-state index contributed by atoms with van der Waals surface area (Å²) >= 11 is 0. The molecule has 1 aliphatic heterocycles. The third-order valence-corrected chi connectivity index (χ3v) is 3.98. The lowest BCUT2D eigenvalue weighted by Gasteiger charge is -2.34. The van der Waals surface area contributed by atoms with E-state index < -0.39 is 0 Å². The van der Waals surface area contributed by atoms with Crippen LogP contribution in [0.15, 0.2) is 47.1 Å². The summed E-state index contributed by atoms with van der Waals surface area (Å²) in [5, 5.41) is 0. The van der Waals surface area contributed by atoms with Gasteiger partial charge < -0.3 is 4.42 Å². The van der Waals surface area contributed by atoms with Gasteiger partial charge in [0.1, 0.15) is 5.82 Å². The number of Topliss-reactive ketones (excluding diaryl/α,β-unsaturated/α-hetero) is 1. The molecular formula is C17H19FN2O2. The van der Waals surface area contributed by atoms with Gasteiger partial charge in [-0.25, -0.2) is 4.39 Å². The van der Waals surface area contributed by atoms with Crippen molar-refractivity contribution in [1.29, 1.82) is 0 Å². The minimum atomic E-state index is -0.155. The second-order valence-electron chi connectivity index (χ2n) is 5.54. The predicted octanol–water partition coefficient (Wildman–Crippen LogP) is 2.42. The number of piperazine rings is 1. The Labute approximate surface area is 129 Å². The summed E-state index contributed by atoms with van der Waals surface area (Å²) in [5.41, 5.74) is 0.725. The van der Waals surface area contributed by atoms with Gasteiger partial charge in [-0.2, -0.15) is 0 Å². The molecule has 1 aromatic heterocycles. The molecule has 5 heteroatoms. The van der Waals surface area contributed by atoms with Crippen molar-refractivity contribution in [2.75, 3.05) is 32.7 Å². The second-order valence-corrected chi connectivity index (χ2v) is 5.54. The van der Waals surface area contributed by atoms with Crippen LogP contribution in [-0.4, -0.2) is 48.3 Å². The highest BCUT2D eigenvalue weighted by molar-refractivity contribution is 5.94. The number of rotatable bonds is 5. The van der Waals surface area contributed by atoms with Gasteiger partial charge in [-0.15, -0.1) is 0 Å². The van der Waals surface area contributed by atoms with Crippen LogP contribution in [0.1, 0.15) is 16.1 Å². The number of carbonyl (C=O) groups is 1. The van der Waals surface area contributed by atoms with Crippen molar-refractivity contribution in [2.24, 2.45) is 0 Å². The number of carbonyl (C=O) groups excluding carboxylic acids is 1. The lowest BCUT2D eigenvalue weighted by Crippen LogP contribution is -2.47. The van der Waals surface area contributed by atoms with E-state index in [1.54, 1.807) is 18.2 Å². The van der Waals surface area contributed by atoms with Gasteiger partial charge in [0.15, 0.2) is 5.76 Å². The SMILES string of the molecule is O=C(CN1CCN(Cc2ccccc2F)CC1)c1ccco1. The van der Waals surface area contributed by atoms with Gasteiger partial charge in [0.25, 0.3) is 0 Å². The molecule has 0 unspecified atom stereocenters. The molecule has 4 nitrogen and oxygen atoms in total. The van der Waals surface area contributed by atoms with Gasteiger partial charge in [-0.3, -0.25) is 14.6 Å². The number of hydrogen-bond donors (Lipinski definition) is 0. The van der Waals surface area contributed by atoms with Gasteiger partial charge in [-0.1, -0.05) is 18.2 Å². The first-order chi connectivity index (χ1) is 10.7. The van der Waals surface area contributed by atoms with Crippen molar-refractivity contribution in [1.82, 2.24) is 9.80 Å². The van der Waals surface area contributed by atoms with E-state index >= 15 is 0 Å². The van der Waals surface area contributed by atoms with Crippen LogP contribution >= 0.6 is 0 Å². The molecule has 1 saturated heterocycles. The Bertz CT molecular complexity index is 619. The van der Waals surface area contributed by atoms with E-state index in [1.807, 2.05) is 12.1 Å². The van der Waals surface area contributed by atoms with E-state index in [9.17, 15) is 9.18 Å². The maximum Gasteiger partial charge on any atom is 0.211 e. The number of halogens is 1. The Morgan fingerprint density at radius 3 is 2.45 bits per heavy atom. The van der Waals surface area contributed by atoms with Crippen molar-refractivity contribution in [3.05, 3.63) is 59.8 Å². The normalized spacial score (nSPS) is 16.8. The molecule has 0 amide bonds. The van der Waals surface area contributed by atoms with E-state index in [-0.39, 0.29) is 11.6 Å². The van der Waals surface area contributed by atoms with Crippen LogP contribution < -0.4 is 0 Å². The number of furan rings is 1. The van der Waals surface area contributed by atoms with Crippen molar-refractivity contribution in [2.45, 2.75) is 6.54 Å². The molecule has 0 N–H and O–H groups in total. The van der Waals surface area contributed by atoms with Crippen LogP contribution in [0.2, 0.25) is 0 Å². The van der Waals surface area contributed by atoms with Crippen LogP contribution in [0.4, 0.5) is 4.39 Å². The molecule has 0 radical (unpaired) electrons. The molecule has 0 saturated carbocycles. The standard InChI is InChI=1S/C17H19FN2O2/c18-15-5-2-1-4-14(15)12-19-7-9-20(10-8-19)13-16(21)17-6-3-11-22-17/h1-6,11H,7-10,12-13H2.